The smallest absolute Gasteiger partial charge is 0.338 e. The summed E-state index contributed by atoms with van der Waals surface area (Å²) >= 11 is 0. The molecule has 146 valence electrons. The normalized spacial score (nSPS) is 10.8. The SMILES string of the molecule is CCCCCCOC(=O)c1cc(-c2ccc(OC)cc2)nc2ccc(C)cc12. The van der Waals surface area contributed by atoms with Gasteiger partial charge in [0, 0.05) is 10.9 Å². The molecule has 0 aliphatic rings. The number of carbonyl (C=O) groups excluding carboxylic acids is 1. The molecule has 1 aromatic heterocycles. The van der Waals surface area contributed by atoms with Crippen LogP contribution < -0.4 is 4.74 Å². The van der Waals surface area contributed by atoms with E-state index in [4.69, 9.17) is 14.5 Å². The Labute approximate surface area is 166 Å². The van der Waals surface area contributed by atoms with Crippen molar-refractivity contribution in [2.24, 2.45) is 0 Å². The van der Waals surface area contributed by atoms with E-state index >= 15 is 0 Å². The Balaban J connectivity index is 1.94. The third-order valence-corrected chi connectivity index (χ3v) is 4.80. The Bertz CT molecular complexity index is 948. The van der Waals surface area contributed by atoms with Crippen molar-refractivity contribution < 1.29 is 14.3 Å². The zero-order chi connectivity index (χ0) is 19.9. The van der Waals surface area contributed by atoms with Crippen molar-refractivity contribution in [2.75, 3.05) is 13.7 Å². The standard InChI is InChI=1S/C24H27NO3/c1-4-5-6-7-14-28-24(26)21-16-23(18-9-11-19(27-3)12-10-18)25-22-13-8-17(2)15-20(21)22/h8-13,15-16H,4-7,14H2,1-3H3. The van der Waals surface area contributed by atoms with E-state index in [0.717, 1.165) is 59.2 Å². The number of unbranched alkanes of at least 4 members (excludes halogenated alkanes) is 3. The van der Waals surface area contributed by atoms with Gasteiger partial charge in [-0.2, -0.15) is 0 Å². The molecule has 3 aromatic rings. The van der Waals surface area contributed by atoms with Gasteiger partial charge in [0.05, 0.1) is 30.5 Å². The molecule has 0 atom stereocenters. The Morgan fingerprint density at radius 2 is 1.79 bits per heavy atom. The van der Waals surface area contributed by atoms with Gasteiger partial charge in [-0.05, 0) is 55.8 Å². The number of benzene rings is 2. The summed E-state index contributed by atoms with van der Waals surface area (Å²) < 4.78 is 10.8. The molecule has 0 amide bonds. The maximum atomic E-state index is 12.8. The van der Waals surface area contributed by atoms with Crippen LogP contribution in [-0.4, -0.2) is 24.7 Å². The second-order valence-electron chi connectivity index (χ2n) is 7.00. The van der Waals surface area contributed by atoms with E-state index in [0.29, 0.717) is 12.2 Å². The minimum atomic E-state index is -0.288. The summed E-state index contributed by atoms with van der Waals surface area (Å²) in [6.45, 7) is 4.63. The lowest BCUT2D eigenvalue weighted by molar-refractivity contribution is 0.0500. The molecule has 0 saturated carbocycles. The minimum Gasteiger partial charge on any atom is -0.497 e. The van der Waals surface area contributed by atoms with Crippen LogP contribution in [0, 0.1) is 6.92 Å². The van der Waals surface area contributed by atoms with E-state index < -0.39 is 0 Å². The third kappa shape index (κ3) is 4.69. The van der Waals surface area contributed by atoms with E-state index in [9.17, 15) is 4.79 Å². The lowest BCUT2D eigenvalue weighted by Crippen LogP contribution is -2.08. The third-order valence-electron chi connectivity index (χ3n) is 4.80. The Hall–Kier alpha value is -2.88. The number of carbonyl (C=O) groups is 1. The van der Waals surface area contributed by atoms with Crippen LogP contribution in [0.4, 0.5) is 0 Å². The Morgan fingerprint density at radius 3 is 2.50 bits per heavy atom. The van der Waals surface area contributed by atoms with E-state index in [-0.39, 0.29) is 5.97 Å². The predicted octanol–water partition coefficient (Wildman–Crippen LogP) is 5.96. The maximum Gasteiger partial charge on any atom is 0.338 e. The van der Waals surface area contributed by atoms with Crippen LogP contribution in [-0.2, 0) is 4.74 Å². The van der Waals surface area contributed by atoms with Crippen molar-refractivity contribution in [3.8, 4) is 17.0 Å². The number of hydrogen-bond donors (Lipinski definition) is 0. The van der Waals surface area contributed by atoms with Crippen LogP contribution in [0.15, 0.2) is 48.5 Å². The summed E-state index contributed by atoms with van der Waals surface area (Å²) in [6.07, 6.45) is 4.30. The van der Waals surface area contributed by atoms with Crippen LogP contribution in [0.1, 0.15) is 48.5 Å². The summed E-state index contributed by atoms with van der Waals surface area (Å²) in [5.41, 5.74) is 4.12. The van der Waals surface area contributed by atoms with Crippen molar-refractivity contribution in [2.45, 2.75) is 39.5 Å². The first kappa shape index (κ1) is 19.9. The van der Waals surface area contributed by atoms with E-state index in [2.05, 4.69) is 6.92 Å². The zero-order valence-corrected chi connectivity index (χ0v) is 16.8. The van der Waals surface area contributed by atoms with E-state index in [1.54, 1.807) is 7.11 Å². The lowest BCUT2D eigenvalue weighted by atomic mass is 10.0. The number of nitrogens with zero attached hydrogens (tertiary/aromatic N) is 1. The monoisotopic (exact) mass is 377 g/mol. The number of rotatable bonds is 8. The summed E-state index contributed by atoms with van der Waals surface area (Å²) in [7, 11) is 1.64. The number of fused-ring (bicyclic) bond motifs is 1. The average molecular weight is 377 g/mol. The molecule has 2 aromatic carbocycles. The quantitative estimate of drug-likeness (QED) is 0.359. The van der Waals surface area contributed by atoms with Gasteiger partial charge in [-0.25, -0.2) is 9.78 Å². The van der Waals surface area contributed by atoms with Crippen molar-refractivity contribution in [3.05, 3.63) is 59.7 Å². The number of pyridine rings is 1. The first-order valence-corrected chi connectivity index (χ1v) is 9.85. The fourth-order valence-electron chi connectivity index (χ4n) is 3.19. The number of aryl methyl sites for hydroxylation is 1. The minimum absolute atomic E-state index is 0.288. The highest BCUT2D eigenvalue weighted by Crippen LogP contribution is 2.27. The molecule has 0 fully saturated rings. The first-order chi connectivity index (χ1) is 13.6. The predicted molar refractivity (Wildman–Crippen MR) is 113 cm³/mol. The second kappa shape index (κ2) is 9.36. The lowest BCUT2D eigenvalue weighted by Gasteiger charge is -2.11. The van der Waals surface area contributed by atoms with Gasteiger partial charge in [-0.15, -0.1) is 0 Å². The van der Waals surface area contributed by atoms with Crippen LogP contribution in [0.5, 0.6) is 5.75 Å². The van der Waals surface area contributed by atoms with Gasteiger partial charge in [0.1, 0.15) is 5.75 Å². The summed E-state index contributed by atoms with van der Waals surface area (Å²) in [6, 6.07) is 15.5. The highest BCUT2D eigenvalue weighted by Gasteiger charge is 2.15. The van der Waals surface area contributed by atoms with Gasteiger partial charge in [-0.1, -0.05) is 37.8 Å². The molecule has 0 aliphatic carbocycles. The maximum absolute atomic E-state index is 12.8. The van der Waals surface area contributed by atoms with Gasteiger partial charge in [0.15, 0.2) is 0 Å². The number of aromatic nitrogens is 1. The zero-order valence-electron chi connectivity index (χ0n) is 16.8. The van der Waals surface area contributed by atoms with Crippen LogP contribution in [0.25, 0.3) is 22.2 Å². The Kier molecular flexibility index (Phi) is 6.64. The van der Waals surface area contributed by atoms with Gasteiger partial charge >= 0.3 is 5.97 Å². The number of esters is 1. The Morgan fingerprint density at radius 1 is 1.00 bits per heavy atom. The molecule has 0 saturated heterocycles. The first-order valence-electron chi connectivity index (χ1n) is 9.85. The number of methoxy groups -OCH3 is 1. The largest absolute Gasteiger partial charge is 0.497 e. The molecule has 0 bridgehead atoms. The van der Waals surface area contributed by atoms with Crippen LogP contribution in [0.2, 0.25) is 0 Å². The molecular weight excluding hydrogens is 350 g/mol. The molecule has 0 radical (unpaired) electrons. The molecule has 0 spiro atoms. The average Bonchev–Trinajstić information content (AvgIpc) is 2.72. The van der Waals surface area contributed by atoms with Gasteiger partial charge in [-0.3, -0.25) is 0 Å². The van der Waals surface area contributed by atoms with Crippen molar-refractivity contribution in [1.82, 2.24) is 4.98 Å². The van der Waals surface area contributed by atoms with Crippen molar-refractivity contribution >= 4 is 16.9 Å². The second-order valence-corrected chi connectivity index (χ2v) is 7.00. The fourth-order valence-corrected chi connectivity index (χ4v) is 3.19. The summed E-state index contributed by atoms with van der Waals surface area (Å²) in [5.74, 6) is 0.496. The van der Waals surface area contributed by atoms with Gasteiger partial charge in [0.25, 0.3) is 0 Å². The van der Waals surface area contributed by atoms with Crippen LogP contribution >= 0.6 is 0 Å². The molecule has 1 heterocycles. The topological polar surface area (TPSA) is 48.4 Å². The highest BCUT2D eigenvalue weighted by atomic mass is 16.5. The highest BCUT2D eigenvalue weighted by molar-refractivity contribution is 6.04. The molecule has 4 nitrogen and oxygen atoms in total. The molecule has 0 aliphatic heterocycles. The van der Waals surface area contributed by atoms with Crippen molar-refractivity contribution in [1.29, 1.82) is 0 Å². The van der Waals surface area contributed by atoms with Gasteiger partial charge in [0.2, 0.25) is 0 Å². The molecule has 0 unspecified atom stereocenters. The molecular formula is C24H27NO3. The number of ether oxygens (including phenoxy) is 2. The van der Waals surface area contributed by atoms with Crippen molar-refractivity contribution in [3.63, 3.8) is 0 Å². The fraction of sp³-hybridized carbons (Fsp3) is 0.333. The van der Waals surface area contributed by atoms with Gasteiger partial charge < -0.3 is 9.47 Å². The van der Waals surface area contributed by atoms with Crippen LogP contribution in [0.3, 0.4) is 0 Å². The molecule has 3 rings (SSSR count). The summed E-state index contributed by atoms with van der Waals surface area (Å²) in [5, 5.41) is 0.829. The summed E-state index contributed by atoms with van der Waals surface area (Å²) in [4.78, 5) is 17.6. The van der Waals surface area contributed by atoms with E-state index in [1.165, 1.54) is 0 Å². The molecule has 0 N–H and O–H groups in total. The van der Waals surface area contributed by atoms with E-state index in [1.807, 2.05) is 55.5 Å². The molecule has 4 heteroatoms. The number of hydrogen-bond acceptors (Lipinski definition) is 4. The molecule has 28 heavy (non-hydrogen) atoms.